The zero-order chi connectivity index (χ0) is 22.8. The van der Waals surface area contributed by atoms with E-state index in [-0.39, 0.29) is 4.32 Å². The molecule has 0 radical (unpaired) electrons. The number of nitrogens with zero attached hydrogens (tertiary/aromatic N) is 2. The highest BCUT2D eigenvalue weighted by atomic mass is 32.2. The molecule has 2 aromatic carbocycles. The van der Waals surface area contributed by atoms with E-state index in [1.165, 1.54) is 7.11 Å². The lowest BCUT2D eigenvalue weighted by molar-refractivity contribution is -0.140. The monoisotopic (exact) mass is 466 g/mol. The van der Waals surface area contributed by atoms with Gasteiger partial charge in [-0.25, -0.2) is 4.79 Å². The fourth-order valence-corrected chi connectivity index (χ4v) is 4.79. The van der Waals surface area contributed by atoms with Crippen LogP contribution in [0.4, 0.5) is 0 Å². The van der Waals surface area contributed by atoms with Crippen molar-refractivity contribution in [2.24, 2.45) is 0 Å². The molecule has 1 saturated heterocycles. The van der Waals surface area contributed by atoms with Crippen molar-refractivity contribution < 1.29 is 24.2 Å². The van der Waals surface area contributed by atoms with Crippen LogP contribution in [0.25, 0.3) is 17.0 Å². The number of rotatable bonds is 6. The number of thioether (sulfide) groups is 1. The quantitative estimate of drug-likeness (QED) is 0.336. The number of carbonyl (C=O) groups excluding carboxylic acids is 2. The topological polar surface area (TPSA) is 88.8 Å². The van der Waals surface area contributed by atoms with Gasteiger partial charge in [0.05, 0.1) is 17.6 Å². The van der Waals surface area contributed by atoms with E-state index < -0.39 is 24.4 Å². The summed E-state index contributed by atoms with van der Waals surface area (Å²) in [5, 5.41) is 9.97. The van der Waals surface area contributed by atoms with Crippen LogP contribution < -0.4 is 0 Å². The Labute approximate surface area is 193 Å². The molecule has 1 aliphatic heterocycles. The van der Waals surface area contributed by atoms with Crippen molar-refractivity contribution in [3.63, 3.8) is 0 Å². The smallest absolute Gasteiger partial charge is 0.337 e. The van der Waals surface area contributed by atoms with Crippen LogP contribution in [-0.4, -0.2) is 50.4 Å². The van der Waals surface area contributed by atoms with Gasteiger partial charge in [0, 0.05) is 29.2 Å². The van der Waals surface area contributed by atoms with Crippen LogP contribution >= 0.6 is 24.0 Å². The molecule has 0 aliphatic carbocycles. The van der Waals surface area contributed by atoms with Crippen LogP contribution in [0, 0.1) is 0 Å². The molecular weight excluding hydrogens is 448 g/mol. The van der Waals surface area contributed by atoms with Gasteiger partial charge in [0.15, 0.2) is 0 Å². The van der Waals surface area contributed by atoms with Crippen molar-refractivity contribution in [1.82, 2.24) is 9.47 Å². The number of esters is 1. The number of carboxylic acids is 1. The first-order chi connectivity index (χ1) is 15.4. The molecule has 1 N–H and O–H groups in total. The summed E-state index contributed by atoms with van der Waals surface area (Å²) in [4.78, 5) is 37.0. The summed E-state index contributed by atoms with van der Waals surface area (Å²) in [5.41, 5.74) is 3.18. The Hall–Kier alpha value is -3.43. The Morgan fingerprint density at radius 1 is 1.19 bits per heavy atom. The van der Waals surface area contributed by atoms with E-state index in [9.17, 15) is 14.4 Å². The van der Waals surface area contributed by atoms with E-state index >= 15 is 0 Å². The maximum absolute atomic E-state index is 12.7. The minimum Gasteiger partial charge on any atom is -0.480 e. The zero-order valence-corrected chi connectivity index (χ0v) is 18.6. The highest BCUT2D eigenvalue weighted by Gasteiger charge is 2.33. The molecule has 7 nitrogen and oxygen atoms in total. The molecule has 1 aromatic heterocycles. The molecule has 0 spiro atoms. The average molecular weight is 467 g/mol. The molecule has 9 heteroatoms. The second-order valence-corrected chi connectivity index (χ2v) is 8.76. The Bertz CT molecular complexity index is 1290. The van der Waals surface area contributed by atoms with E-state index in [2.05, 4.69) is 0 Å². The lowest BCUT2D eigenvalue weighted by atomic mass is 10.1. The standard InChI is InChI=1S/C23H18N2O5S2/c1-30-22(29)15-6-4-5-14(9-15)11-24-12-16(17-7-2-3-8-18(17)24)10-19-21(28)25(13-20(26)27)23(31)32-19/h2-10,12H,11,13H2,1H3,(H,26,27)/b19-10+. The van der Waals surface area contributed by atoms with E-state index in [0.29, 0.717) is 17.0 Å². The maximum Gasteiger partial charge on any atom is 0.337 e. The van der Waals surface area contributed by atoms with Gasteiger partial charge in [-0.05, 0) is 29.8 Å². The number of benzene rings is 2. The fourth-order valence-electron chi connectivity index (χ4n) is 3.55. The van der Waals surface area contributed by atoms with Crippen LogP contribution in [0.15, 0.2) is 59.6 Å². The minimum atomic E-state index is -1.12. The van der Waals surface area contributed by atoms with Crippen LogP contribution in [0.3, 0.4) is 0 Å². The van der Waals surface area contributed by atoms with Gasteiger partial charge in [0.2, 0.25) is 0 Å². The number of hydrogen-bond donors (Lipinski definition) is 1. The molecular formula is C23H18N2O5S2. The first-order valence-corrected chi connectivity index (χ1v) is 10.8. The van der Waals surface area contributed by atoms with E-state index in [1.54, 1.807) is 18.2 Å². The highest BCUT2D eigenvalue weighted by Crippen LogP contribution is 2.34. The fraction of sp³-hybridized carbons (Fsp3) is 0.130. The summed E-state index contributed by atoms with van der Waals surface area (Å²) in [7, 11) is 1.35. The lowest BCUT2D eigenvalue weighted by Gasteiger charge is -2.10. The van der Waals surface area contributed by atoms with E-state index in [0.717, 1.165) is 38.7 Å². The van der Waals surface area contributed by atoms with Crippen molar-refractivity contribution in [3.8, 4) is 0 Å². The SMILES string of the molecule is COC(=O)c1cccc(Cn2cc(/C=C3/SC(=S)N(CC(=O)O)C3=O)c3ccccc32)c1. The number of para-hydroxylation sites is 1. The van der Waals surface area contributed by atoms with Gasteiger partial charge in [-0.1, -0.05) is 54.3 Å². The van der Waals surface area contributed by atoms with Crippen LogP contribution in [0.5, 0.6) is 0 Å². The molecule has 1 fully saturated rings. The second kappa shape index (κ2) is 8.97. The highest BCUT2D eigenvalue weighted by molar-refractivity contribution is 8.26. The molecule has 0 unspecified atom stereocenters. The summed E-state index contributed by atoms with van der Waals surface area (Å²) in [6, 6.07) is 15.0. The number of ether oxygens (including phenoxy) is 1. The number of fused-ring (bicyclic) bond motifs is 1. The van der Waals surface area contributed by atoms with Crippen LogP contribution in [0.2, 0.25) is 0 Å². The van der Waals surface area contributed by atoms with Gasteiger partial charge >= 0.3 is 11.9 Å². The predicted octanol–water partition coefficient (Wildman–Crippen LogP) is 3.76. The van der Waals surface area contributed by atoms with Gasteiger partial charge in [-0.3, -0.25) is 14.5 Å². The van der Waals surface area contributed by atoms with Crippen molar-refractivity contribution in [1.29, 1.82) is 0 Å². The molecule has 2 heterocycles. The number of carbonyl (C=O) groups is 3. The number of aromatic nitrogens is 1. The van der Waals surface area contributed by atoms with Crippen LogP contribution in [-0.2, 0) is 20.9 Å². The third-order valence-corrected chi connectivity index (χ3v) is 6.35. The Balaban J connectivity index is 1.69. The van der Waals surface area contributed by atoms with Gasteiger partial charge in [0.25, 0.3) is 5.91 Å². The summed E-state index contributed by atoms with van der Waals surface area (Å²) in [6.45, 7) is 0.0550. The molecule has 32 heavy (non-hydrogen) atoms. The van der Waals surface area contributed by atoms with Crippen LogP contribution in [0.1, 0.15) is 21.5 Å². The van der Waals surface area contributed by atoms with Crippen molar-refractivity contribution >= 4 is 63.1 Å². The molecule has 1 amide bonds. The molecule has 0 bridgehead atoms. The second-order valence-electron chi connectivity index (χ2n) is 7.08. The minimum absolute atomic E-state index is 0.229. The number of carboxylic acid groups (broad SMARTS) is 1. The third kappa shape index (κ3) is 4.30. The molecule has 0 atom stereocenters. The number of methoxy groups -OCH3 is 1. The maximum atomic E-state index is 12.7. The first kappa shape index (κ1) is 21.8. The zero-order valence-electron chi connectivity index (χ0n) is 17.0. The van der Waals surface area contributed by atoms with Crippen molar-refractivity contribution in [3.05, 3.63) is 76.3 Å². The Morgan fingerprint density at radius 3 is 2.72 bits per heavy atom. The summed E-state index contributed by atoms with van der Waals surface area (Å²) in [5.74, 6) is -1.92. The van der Waals surface area contributed by atoms with E-state index in [4.69, 9.17) is 22.1 Å². The molecule has 3 aromatic rings. The van der Waals surface area contributed by atoms with Gasteiger partial charge in [-0.15, -0.1) is 0 Å². The molecule has 4 rings (SSSR count). The number of hydrogen-bond acceptors (Lipinski definition) is 6. The van der Waals surface area contributed by atoms with Crippen molar-refractivity contribution in [2.45, 2.75) is 6.54 Å². The van der Waals surface area contributed by atoms with Crippen molar-refractivity contribution in [2.75, 3.05) is 13.7 Å². The Morgan fingerprint density at radius 2 is 1.97 bits per heavy atom. The normalized spacial score (nSPS) is 15.0. The first-order valence-electron chi connectivity index (χ1n) is 9.59. The largest absolute Gasteiger partial charge is 0.480 e. The molecule has 162 valence electrons. The van der Waals surface area contributed by atoms with Gasteiger partial charge in [-0.2, -0.15) is 0 Å². The van der Waals surface area contributed by atoms with E-state index in [1.807, 2.05) is 47.2 Å². The summed E-state index contributed by atoms with van der Waals surface area (Å²) >= 11 is 6.27. The molecule has 1 aliphatic rings. The Kier molecular flexibility index (Phi) is 6.11. The lowest BCUT2D eigenvalue weighted by Crippen LogP contribution is -2.33. The summed E-state index contributed by atoms with van der Waals surface area (Å²) < 4.78 is 7.07. The average Bonchev–Trinajstić information content (AvgIpc) is 3.25. The summed E-state index contributed by atoms with van der Waals surface area (Å²) in [6.07, 6.45) is 3.67. The number of thiocarbonyl (C=S) groups is 1. The molecule has 0 saturated carbocycles. The van der Waals surface area contributed by atoms with Gasteiger partial charge < -0.3 is 14.4 Å². The third-order valence-electron chi connectivity index (χ3n) is 4.97. The number of aliphatic carboxylic acids is 1. The van der Waals surface area contributed by atoms with Gasteiger partial charge in [0.1, 0.15) is 10.9 Å². The number of amides is 1. The predicted molar refractivity (Wildman–Crippen MR) is 126 cm³/mol.